The van der Waals surface area contributed by atoms with Crippen LogP contribution in [-0.4, -0.2) is 116 Å². The number of nitrogens with one attached hydrogen (secondary N) is 1. The molecule has 3 heterocycles. The molecule has 246 valence electrons. The average molecular weight is 620 g/mol. The molecule has 3 aliphatic rings. The van der Waals surface area contributed by atoms with Crippen molar-refractivity contribution < 1.29 is 66.9 Å². The molecule has 0 bridgehead atoms. The standard InChI is InChI=1S/C28H45NO14/c1-13(2)9-10-35-24-21(41-27-25(24)42-28(7,8)43-27)18(34)11-37-26-20(29-14(3)30)23(39-17(6)33)22(38-16(5)32)19(40-26)12-36-15(4)31/h13,18-27,34H,9-12H2,1-8H3,(H,29,30). The third-order valence-electron chi connectivity index (χ3n) is 6.91. The van der Waals surface area contributed by atoms with Gasteiger partial charge in [-0.05, 0) is 26.2 Å². The summed E-state index contributed by atoms with van der Waals surface area (Å²) >= 11 is 0. The van der Waals surface area contributed by atoms with Crippen molar-refractivity contribution in [1.29, 1.82) is 0 Å². The molecule has 3 fully saturated rings. The Kier molecular flexibility index (Phi) is 12.3. The number of rotatable bonds is 13. The summed E-state index contributed by atoms with van der Waals surface area (Å²) in [7, 11) is 0. The van der Waals surface area contributed by atoms with Crippen LogP contribution < -0.4 is 5.32 Å². The highest BCUT2D eigenvalue weighted by Gasteiger charge is 2.57. The molecule has 0 radical (unpaired) electrons. The maximum Gasteiger partial charge on any atom is 0.303 e. The van der Waals surface area contributed by atoms with Crippen LogP contribution in [-0.2, 0) is 61.8 Å². The predicted molar refractivity (Wildman–Crippen MR) is 144 cm³/mol. The fourth-order valence-electron chi connectivity index (χ4n) is 5.16. The van der Waals surface area contributed by atoms with Gasteiger partial charge in [0.25, 0.3) is 0 Å². The van der Waals surface area contributed by atoms with Gasteiger partial charge in [-0.15, -0.1) is 0 Å². The van der Waals surface area contributed by atoms with E-state index in [2.05, 4.69) is 19.2 Å². The Morgan fingerprint density at radius 3 is 2.12 bits per heavy atom. The Balaban J connectivity index is 1.81. The highest BCUT2D eigenvalue weighted by Crippen LogP contribution is 2.40. The number of hydrogen-bond acceptors (Lipinski definition) is 14. The second-order valence-corrected chi connectivity index (χ2v) is 11.7. The lowest BCUT2D eigenvalue weighted by Crippen LogP contribution is -2.66. The molecule has 10 unspecified atom stereocenters. The van der Waals surface area contributed by atoms with Crippen LogP contribution in [0.5, 0.6) is 0 Å². The first-order valence-corrected chi connectivity index (χ1v) is 14.4. The Morgan fingerprint density at radius 1 is 0.884 bits per heavy atom. The highest BCUT2D eigenvalue weighted by molar-refractivity contribution is 5.73. The number of amides is 1. The van der Waals surface area contributed by atoms with Crippen molar-refractivity contribution in [1.82, 2.24) is 5.32 Å². The molecule has 0 aromatic rings. The van der Waals surface area contributed by atoms with E-state index >= 15 is 0 Å². The normalized spacial score (nSPS) is 33.9. The van der Waals surface area contributed by atoms with Gasteiger partial charge in [-0.25, -0.2) is 0 Å². The van der Waals surface area contributed by atoms with Crippen LogP contribution in [0.15, 0.2) is 0 Å². The van der Waals surface area contributed by atoms with Gasteiger partial charge in [0.05, 0.1) is 6.61 Å². The first kappa shape index (κ1) is 35.1. The van der Waals surface area contributed by atoms with Crippen LogP contribution in [0, 0.1) is 5.92 Å². The summed E-state index contributed by atoms with van der Waals surface area (Å²) in [4.78, 5) is 47.7. The van der Waals surface area contributed by atoms with Gasteiger partial charge < -0.3 is 53.1 Å². The van der Waals surface area contributed by atoms with Gasteiger partial charge in [0.1, 0.15) is 43.2 Å². The zero-order valence-corrected chi connectivity index (χ0v) is 25.9. The maximum atomic E-state index is 12.2. The number of carbonyl (C=O) groups excluding carboxylic acids is 4. The van der Waals surface area contributed by atoms with E-state index in [1.54, 1.807) is 13.8 Å². The number of fused-ring (bicyclic) bond motifs is 1. The van der Waals surface area contributed by atoms with E-state index in [9.17, 15) is 24.3 Å². The second kappa shape index (κ2) is 15.1. The molecule has 3 rings (SSSR count). The summed E-state index contributed by atoms with van der Waals surface area (Å²) in [6, 6.07) is -1.18. The Morgan fingerprint density at radius 2 is 1.53 bits per heavy atom. The minimum atomic E-state index is -1.34. The Hall–Kier alpha value is -2.40. The quantitative estimate of drug-likeness (QED) is 0.212. The summed E-state index contributed by atoms with van der Waals surface area (Å²) < 4.78 is 51.9. The topological polar surface area (TPSA) is 184 Å². The van der Waals surface area contributed by atoms with E-state index in [0.29, 0.717) is 12.5 Å². The van der Waals surface area contributed by atoms with Crippen LogP contribution in [0.1, 0.15) is 61.8 Å². The zero-order chi connectivity index (χ0) is 32.1. The minimum absolute atomic E-state index is 0.383. The smallest absolute Gasteiger partial charge is 0.303 e. The molecule has 43 heavy (non-hydrogen) atoms. The van der Waals surface area contributed by atoms with E-state index in [1.807, 2.05) is 0 Å². The number of ether oxygens (including phenoxy) is 9. The van der Waals surface area contributed by atoms with E-state index in [0.717, 1.165) is 20.3 Å². The first-order valence-electron chi connectivity index (χ1n) is 14.4. The van der Waals surface area contributed by atoms with Crippen molar-refractivity contribution in [2.45, 2.75) is 129 Å². The lowest BCUT2D eigenvalue weighted by Gasteiger charge is -2.45. The van der Waals surface area contributed by atoms with Gasteiger partial charge in [-0.1, -0.05) is 13.8 Å². The molecule has 3 saturated heterocycles. The molecule has 0 aromatic carbocycles. The van der Waals surface area contributed by atoms with E-state index in [1.165, 1.54) is 13.8 Å². The summed E-state index contributed by atoms with van der Waals surface area (Å²) in [5.74, 6) is -3.13. The Bertz CT molecular complexity index is 989. The largest absolute Gasteiger partial charge is 0.463 e. The van der Waals surface area contributed by atoms with Gasteiger partial charge in [0.2, 0.25) is 5.91 Å². The van der Waals surface area contributed by atoms with Gasteiger partial charge in [-0.2, -0.15) is 0 Å². The lowest BCUT2D eigenvalue weighted by molar-refractivity contribution is -0.286. The molecule has 0 spiro atoms. The van der Waals surface area contributed by atoms with Crippen molar-refractivity contribution >= 4 is 23.8 Å². The van der Waals surface area contributed by atoms with Crippen LogP contribution in [0.4, 0.5) is 0 Å². The summed E-state index contributed by atoms with van der Waals surface area (Å²) in [5.41, 5.74) is 0. The molecule has 15 nitrogen and oxygen atoms in total. The number of hydrogen-bond donors (Lipinski definition) is 2. The molecule has 15 heteroatoms. The fraction of sp³-hybridized carbons (Fsp3) is 0.857. The second-order valence-electron chi connectivity index (χ2n) is 11.7. The maximum absolute atomic E-state index is 12.2. The molecule has 10 atom stereocenters. The number of esters is 3. The molecule has 0 aliphatic carbocycles. The molecular formula is C28H45NO14. The van der Waals surface area contributed by atoms with Crippen molar-refractivity contribution in [3.63, 3.8) is 0 Å². The first-order chi connectivity index (χ1) is 20.1. The van der Waals surface area contributed by atoms with Crippen molar-refractivity contribution in [3.05, 3.63) is 0 Å². The molecule has 0 aromatic heterocycles. The molecule has 2 N–H and O–H groups in total. The summed E-state index contributed by atoms with van der Waals surface area (Å²) in [5, 5.41) is 13.8. The van der Waals surface area contributed by atoms with Crippen LogP contribution >= 0.6 is 0 Å². The van der Waals surface area contributed by atoms with Crippen LogP contribution in [0.25, 0.3) is 0 Å². The molecular weight excluding hydrogens is 574 g/mol. The predicted octanol–water partition coefficient (Wildman–Crippen LogP) is 0.328. The van der Waals surface area contributed by atoms with E-state index < -0.39 is 91.0 Å². The van der Waals surface area contributed by atoms with Gasteiger partial charge in [-0.3, -0.25) is 19.2 Å². The minimum Gasteiger partial charge on any atom is -0.463 e. The highest BCUT2D eigenvalue weighted by atomic mass is 16.8. The van der Waals surface area contributed by atoms with E-state index in [4.69, 9.17) is 42.6 Å². The third-order valence-corrected chi connectivity index (χ3v) is 6.91. The van der Waals surface area contributed by atoms with Crippen LogP contribution in [0.2, 0.25) is 0 Å². The lowest BCUT2D eigenvalue weighted by atomic mass is 9.96. The van der Waals surface area contributed by atoms with Gasteiger partial charge >= 0.3 is 17.9 Å². The van der Waals surface area contributed by atoms with Crippen LogP contribution in [0.3, 0.4) is 0 Å². The molecule has 1 amide bonds. The van der Waals surface area contributed by atoms with Gasteiger partial charge in [0.15, 0.2) is 30.6 Å². The number of aliphatic hydroxyl groups excluding tert-OH is 1. The van der Waals surface area contributed by atoms with Crippen molar-refractivity contribution in [2.24, 2.45) is 5.92 Å². The summed E-state index contributed by atoms with van der Waals surface area (Å²) in [6.07, 6.45) is -8.51. The van der Waals surface area contributed by atoms with E-state index in [-0.39, 0.29) is 13.2 Å². The Labute approximate surface area is 251 Å². The third kappa shape index (κ3) is 9.80. The summed E-state index contributed by atoms with van der Waals surface area (Å²) in [6.45, 7) is 12.0. The molecule has 0 saturated carbocycles. The SMILES string of the molecule is CC(=O)NC1C(OCC(O)C2OC3OC(C)(C)OC3C2OCCC(C)C)OC(COC(C)=O)C(OC(C)=O)C1OC(C)=O. The zero-order valence-electron chi connectivity index (χ0n) is 25.9. The number of carbonyl (C=O) groups is 4. The number of aliphatic hydroxyl groups is 1. The van der Waals surface area contributed by atoms with Crippen molar-refractivity contribution in [3.8, 4) is 0 Å². The fourth-order valence-corrected chi connectivity index (χ4v) is 5.16. The average Bonchev–Trinajstić information content (AvgIpc) is 3.35. The van der Waals surface area contributed by atoms with Crippen molar-refractivity contribution in [2.75, 3.05) is 19.8 Å². The monoisotopic (exact) mass is 619 g/mol. The molecule has 3 aliphatic heterocycles. The van der Waals surface area contributed by atoms with Gasteiger partial charge in [0, 0.05) is 34.3 Å².